The molecular weight excluding hydrogens is 1590 g/mol. The minimum Gasteiger partial charge on any atom is -0.456 e. The maximum Gasteiger partial charge on any atom is 0.135 e. The molecule has 0 aliphatic heterocycles. The number of nitrogens with one attached hydrogen (secondary N) is 3. The number of para-hydroxylation sites is 7. The van der Waals surface area contributed by atoms with Crippen LogP contribution in [0.25, 0.3) is 274 Å². The van der Waals surface area contributed by atoms with Gasteiger partial charge in [0.1, 0.15) is 11.2 Å². The van der Waals surface area contributed by atoms with Crippen LogP contribution in [0.15, 0.2) is 399 Å². The summed E-state index contributed by atoms with van der Waals surface area (Å²) in [5.41, 5.74) is 24.8. The zero-order valence-electron chi connectivity index (χ0n) is 67.5. The van der Waals surface area contributed by atoms with Crippen LogP contribution in [0.4, 0.5) is 0 Å². The highest BCUT2D eigenvalue weighted by Crippen LogP contribution is 2.49. The largest absolute Gasteiger partial charge is 0.456 e. The van der Waals surface area contributed by atoms with E-state index in [0.29, 0.717) is 0 Å². The molecule has 10 aromatic heterocycles. The molecule has 0 aliphatic carbocycles. The minimum absolute atomic E-state index is 0.917. The molecule has 0 bridgehead atoms. The molecule has 10 heterocycles. The molecule has 0 atom stereocenters. The summed E-state index contributed by atoms with van der Waals surface area (Å²) in [6.45, 7) is 0. The Balaban J connectivity index is 0.0000000963. The van der Waals surface area contributed by atoms with Crippen LogP contribution in [0.2, 0.25) is 0 Å². The first-order chi connectivity index (χ1) is 62.4. The van der Waals surface area contributed by atoms with E-state index in [4.69, 9.17) is 4.42 Å². The third-order valence-electron chi connectivity index (χ3n) is 26.7. The third kappa shape index (κ3) is 10.5. The van der Waals surface area contributed by atoms with Crippen molar-refractivity contribution in [1.29, 1.82) is 0 Å². The first-order valence-electron chi connectivity index (χ1n) is 42.9. The van der Waals surface area contributed by atoms with Crippen LogP contribution in [0.5, 0.6) is 0 Å². The van der Waals surface area contributed by atoms with Crippen LogP contribution in [-0.2, 0) is 0 Å². The van der Waals surface area contributed by atoms with Gasteiger partial charge in [0.15, 0.2) is 0 Å². The lowest BCUT2D eigenvalue weighted by molar-refractivity contribution is 0.669. The SMILES string of the molecule is c1ccc(-c2cc(-c3ccccc3)cc(-n3c4ccccc4c4cc5c(cc43)sc3cc4c(cc35)[nH]c3ccccc34)c2)cc1.c1ccc2c(c1)[nH]c1cc3c(cc12)sc1cc2c(cc13)c1ccccc1n2-c1ccc2oc3ccccc3c2c1.c1ccc2c(c1)ccc1c(-n3c4ccccc4c4cc5c(cc43)sc3cc4c(cc35)[nH]c3ccccc34)cccc12. The molecule has 0 aliphatic rings. The van der Waals surface area contributed by atoms with Gasteiger partial charge < -0.3 is 33.1 Å². The molecule has 30 rings (SSSR count). The summed E-state index contributed by atoms with van der Waals surface area (Å²) in [6, 6.07) is 144. The van der Waals surface area contributed by atoms with Gasteiger partial charge in [0, 0.05) is 186 Å². The molecule has 0 radical (unpaired) electrons. The molecule has 0 unspecified atom stereocenters. The normalized spacial score (nSPS) is 12.3. The van der Waals surface area contributed by atoms with Gasteiger partial charge in [-0.1, -0.05) is 237 Å². The fraction of sp³-hybridized carbons (Fsp3) is 0. The maximum atomic E-state index is 6.13. The van der Waals surface area contributed by atoms with Gasteiger partial charge in [-0.25, -0.2) is 0 Å². The Hall–Kier alpha value is -15.8. The highest BCUT2D eigenvalue weighted by molar-refractivity contribution is 7.27. The summed E-state index contributed by atoms with van der Waals surface area (Å²) in [5, 5.41) is 30.7. The average molecular weight is 1660 g/mol. The second kappa shape index (κ2) is 26.8. The number of nitrogens with zero attached hydrogens (tertiary/aromatic N) is 3. The van der Waals surface area contributed by atoms with Gasteiger partial charge in [0.25, 0.3) is 0 Å². The molecule has 126 heavy (non-hydrogen) atoms. The Morgan fingerprint density at radius 1 is 0.175 bits per heavy atom. The smallest absolute Gasteiger partial charge is 0.135 e. The van der Waals surface area contributed by atoms with E-state index >= 15 is 0 Å². The van der Waals surface area contributed by atoms with Crippen LogP contribution in [0.3, 0.4) is 0 Å². The van der Waals surface area contributed by atoms with Gasteiger partial charge in [0.05, 0.1) is 38.8 Å². The van der Waals surface area contributed by atoms with Crippen molar-refractivity contribution in [2.45, 2.75) is 0 Å². The fourth-order valence-corrected chi connectivity index (χ4v) is 24.4. The molecule has 0 amide bonds. The predicted octanol–water partition coefficient (Wildman–Crippen LogP) is 33.9. The number of aromatic amines is 3. The summed E-state index contributed by atoms with van der Waals surface area (Å²) >= 11 is 5.67. The first kappa shape index (κ1) is 69.8. The molecule has 30 aromatic rings. The molecule has 7 nitrogen and oxygen atoms in total. The summed E-state index contributed by atoms with van der Waals surface area (Å²) in [6.07, 6.45) is 0. The standard InChI is InChI=1S/C42H26N2S.C38H22N2S.C36H20N2OS/c1-3-11-26(12-4-1)28-19-29(27-13-5-2-6-14-27)21-30(20-28)44-39-18-10-8-16-32(39)34-22-35-36-23-38-33(31-15-7-9-17-37(31)43-38)24-41(36)45-42(35)25-40(34)44;1-2-9-23-22(8-1)16-17-27-24(23)12-7-15-35(27)40-34-14-6-4-11-26(34)29-18-30-31-19-33-28(25-10-3-5-13-32(25)39-33)20-37(31)41-38(30)21-36(29)40;1-4-10-29-21(7-1)24-18-35-28(17-30(24)37-29)27-16-25-22-8-2-5-11-31(22)38(32(25)19-36(27)40-35)20-13-14-34-26(15-20)23-9-3-6-12-33(23)39-34/h1-25,43H;1-21,39H;1-19,37H. The average Bonchev–Trinajstić information content (AvgIpc) is 1.57. The number of H-pyrrole nitrogens is 3. The molecule has 586 valence electrons. The first-order valence-corrected chi connectivity index (χ1v) is 45.3. The Morgan fingerprint density at radius 3 is 1.06 bits per heavy atom. The third-order valence-corrected chi connectivity index (χ3v) is 30.0. The summed E-state index contributed by atoms with van der Waals surface area (Å²) in [5.74, 6) is 0. The number of fused-ring (bicyclic) bond motifs is 33. The maximum absolute atomic E-state index is 6.13. The Morgan fingerprint density at radius 2 is 0.556 bits per heavy atom. The topological polar surface area (TPSA) is 75.3 Å². The lowest BCUT2D eigenvalue weighted by Crippen LogP contribution is -1.96. The number of hydrogen-bond acceptors (Lipinski definition) is 4. The van der Waals surface area contributed by atoms with Crippen molar-refractivity contribution in [2.24, 2.45) is 0 Å². The molecule has 20 aromatic carbocycles. The molecule has 0 saturated heterocycles. The molecule has 0 fully saturated rings. The highest BCUT2D eigenvalue weighted by atomic mass is 32.1. The Labute approximate surface area is 729 Å². The minimum atomic E-state index is 0.917. The number of aromatic nitrogens is 6. The van der Waals surface area contributed by atoms with Crippen molar-refractivity contribution in [3.8, 4) is 39.3 Å². The monoisotopic (exact) mass is 1660 g/mol. The van der Waals surface area contributed by atoms with Crippen LogP contribution in [0.1, 0.15) is 0 Å². The predicted molar refractivity (Wildman–Crippen MR) is 542 cm³/mol. The van der Waals surface area contributed by atoms with Gasteiger partial charge in [-0.2, -0.15) is 0 Å². The zero-order valence-corrected chi connectivity index (χ0v) is 70.0. The van der Waals surface area contributed by atoms with E-state index < -0.39 is 0 Å². The van der Waals surface area contributed by atoms with Gasteiger partial charge in [-0.15, -0.1) is 34.0 Å². The van der Waals surface area contributed by atoms with E-state index in [1.807, 2.05) is 46.1 Å². The summed E-state index contributed by atoms with van der Waals surface area (Å²) in [4.78, 5) is 10.9. The van der Waals surface area contributed by atoms with Crippen molar-refractivity contribution in [2.75, 3.05) is 0 Å². The number of benzene rings is 20. The van der Waals surface area contributed by atoms with Crippen LogP contribution in [-0.4, -0.2) is 28.7 Å². The van der Waals surface area contributed by atoms with Gasteiger partial charge >= 0.3 is 0 Å². The van der Waals surface area contributed by atoms with Crippen molar-refractivity contribution in [1.82, 2.24) is 28.7 Å². The molecule has 0 spiro atoms. The van der Waals surface area contributed by atoms with Crippen molar-refractivity contribution in [3.05, 3.63) is 394 Å². The number of hydrogen-bond donors (Lipinski definition) is 3. The molecule has 3 N–H and O–H groups in total. The Bertz CT molecular complexity index is 9850. The van der Waals surface area contributed by atoms with E-state index in [0.717, 1.165) is 27.6 Å². The van der Waals surface area contributed by atoms with Gasteiger partial charge in [-0.05, 0) is 196 Å². The number of rotatable bonds is 5. The molecular formula is C116H68N6OS3. The second-order valence-electron chi connectivity index (χ2n) is 33.6. The van der Waals surface area contributed by atoms with Gasteiger partial charge in [0.2, 0.25) is 0 Å². The Kier molecular flexibility index (Phi) is 14.9. The highest BCUT2D eigenvalue weighted by Gasteiger charge is 2.24. The quantitative estimate of drug-likeness (QED) is 0.148. The van der Waals surface area contributed by atoms with Crippen molar-refractivity contribution < 1.29 is 4.42 Å². The van der Waals surface area contributed by atoms with E-state index in [9.17, 15) is 0 Å². The molecule has 0 saturated carbocycles. The molecule has 10 heteroatoms. The van der Waals surface area contributed by atoms with E-state index in [1.165, 1.54) is 247 Å². The summed E-state index contributed by atoms with van der Waals surface area (Å²) < 4.78 is 21.4. The van der Waals surface area contributed by atoms with E-state index in [1.54, 1.807) is 0 Å². The zero-order chi connectivity index (χ0) is 82.1. The van der Waals surface area contributed by atoms with Crippen LogP contribution >= 0.6 is 34.0 Å². The van der Waals surface area contributed by atoms with Gasteiger partial charge in [-0.3, -0.25) is 0 Å². The fourth-order valence-electron chi connectivity index (χ4n) is 21.0. The van der Waals surface area contributed by atoms with Crippen molar-refractivity contribution >= 4 is 269 Å². The van der Waals surface area contributed by atoms with Crippen LogP contribution in [0, 0.1) is 0 Å². The van der Waals surface area contributed by atoms with E-state index in [-0.39, 0.29) is 0 Å². The van der Waals surface area contributed by atoms with Crippen molar-refractivity contribution in [3.63, 3.8) is 0 Å². The summed E-state index contributed by atoms with van der Waals surface area (Å²) in [7, 11) is 0. The number of furan rings is 1. The van der Waals surface area contributed by atoms with Crippen LogP contribution < -0.4 is 0 Å². The van der Waals surface area contributed by atoms with E-state index in [2.05, 4.69) is 411 Å². The number of thiophene rings is 3. The lowest BCUT2D eigenvalue weighted by atomic mass is 9.98. The second-order valence-corrected chi connectivity index (χ2v) is 36.8. The lowest BCUT2D eigenvalue weighted by Gasteiger charge is -2.14.